The van der Waals surface area contributed by atoms with Crippen LogP contribution in [0.1, 0.15) is 44.6 Å². The Kier molecular flexibility index (Phi) is 6.78. The van der Waals surface area contributed by atoms with Crippen LogP contribution in [0.5, 0.6) is 0 Å². The molecule has 1 saturated heterocycles. The first-order valence-corrected chi connectivity index (χ1v) is 11.8. The molecule has 1 unspecified atom stereocenters. The summed E-state index contributed by atoms with van der Waals surface area (Å²) in [5.41, 5.74) is 1.04. The van der Waals surface area contributed by atoms with E-state index < -0.39 is 10.0 Å². The lowest BCUT2D eigenvalue weighted by Crippen LogP contribution is -2.56. The molecule has 6 nitrogen and oxygen atoms in total. The van der Waals surface area contributed by atoms with Crippen LogP contribution in [0.3, 0.4) is 0 Å². The van der Waals surface area contributed by atoms with Crippen molar-refractivity contribution in [3.8, 4) is 0 Å². The Hall–Kier alpha value is -1.44. The van der Waals surface area contributed by atoms with Crippen molar-refractivity contribution in [1.29, 1.82) is 0 Å². The number of hydrogen-bond donors (Lipinski definition) is 0. The van der Waals surface area contributed by atoms with Crippen LogP contribution in [0.15, 0.2) is 29.2 Å². The van der Waals surface area contributed by atoms with E-state index in [9.17, 15) is 13.2 Å². The van der Waals surface area contributed by atoms with E-state index in [1.165, 1.54) is 23.6 Å². The first-order chi connectivity index (χ1) is 13.3. The minimum absolute atomic E-state index is 0.154. The zero-order chi connectivity index (χ0) is 20.3. The average Bonchev–Trinajstić information content (AvgIpc) is 2.73. The maximum atomic E-state index is 12.9. The van der Waals surface area contributed by atoms with Crippen molar-refractivity contribution in [3.05, 3.63) is 29.8 Å². The molecule has 0 bridgehead atoms. The van der Waals surface area contributed by atoms with Crippen molar-refractivity contribution in [2.45, 2.75) is 62.9 Å². The monoisotopic (exact) mass is 407 g/mol. The van der Waals surface area contributed by atoms with E-state index in [2.05, 4.69) is 4.90 Å². The Balaban J connectivity index is 1.58. The number of aryl methyl sites for hydroxylation is 1. The lowest BCUT2D eigenvalue weighted by Gasteiger charge is -2.39. The Morgan fingerprint density at radius 2 is 1.61 bits per heavy atom. The highest BCUT2D eigenvalue weighted by Gasteiger charge is 2.34. The van der Waals surface area contributed by atoms with Crippen LogP contribution in [0.2, 0.25) is 0 Å². The third-order valence-electron chi connectivity index (χ3n) is 6.31. The molecule has 3 rings (SSSR count). The smallest absolute Gasteiger partial charge is 0.243 e. The Labute approximate surface area is 169 Å². The van der Waals surface area contributed by atoms with Crippen molar-refractivity contribution < 1.29 is 13.2 Å². The summed E-state index contributed by atoms with van der Waals surface area (Å²) in [5.74, 6) is 0.154. The molecule has 1 atom stereocenters. The zero-order valence-corrected chi connectivity index (χ0v) is 18.1. The van der Waals surface area contributed by atoms with E-state index in [4.69, 9.17) is 0 Å². The van der Waals surface area contributed by atoms with Gasteiger partial charge in [-0.15, -0.1) is 0 Å². The quantitative estimate of drug-likeness (QED) is 0.752. The summed E-state index contributed by atoms with van der Waals surface area (Å²) in [5, 5.41) is 0. The summed E-state index contributed by atoms with van der Waals surface area (Å²) >= 11 is 0. The van der Waals surface area contributed by atoms with Gasteiger partial charge in [-0.25, -0.2) is 8.42 Å². The number of carbonyl (C=O) groups excluding carboxylic acids is 1. The van der Waals surface area contributed by atoms with Gasteiger partial charge < -0.3 is 4.90 Å². The van der Waals surface area contributed by atoms with Crippen molar-refractivity contribution in [3.63, 3.8) is 0 Å². The topological polar surface area (TPSA) is 60.9 Å². The third-order valence-corrected chi connectivity index (χ3v) is 8.22. The number of carbonyl (C=O) groups is 1. The molecule has 0 aromatic heterocycles. The van der Waals surface area contributed by atoms with E-state index in [0.717, 1.165) is 18.4 Å². The van der Waals surface area contributed by atoms with E-state index in [0.29, 0.717) is 37.1 Å². The lowest BCUT2D eigenvalue weighted by molar-refractivity contribution is -0.138. The third kappa shape index (κ3) is 4.58. The fraction of sp³-hybridized carbons (Fsp3) is 0.667. The molecule has 1 aliphatic heterocycles. The molecule has 0 N–H and O–H groups in total. The highest BCUT2D eigenvalue weighted by molar-refractivity contribution is 7.89. The van der Waals surface area contributed by atoms with E-state index in [1.807, 2.05) is 37.9 Å². The van der Waals surface area contributed by atoms with Gasteiger partial charge >= 0.3 is 0 Å². The standard InChI is InChI=1S/C21H33N3O3S/c1-17-9-11-20(12-10-17)28(26,27)24-15-13-23(14-16-24)18(2)21(25)22(3)19-7-5-4-6-8-19/h9-12,18-19H,4-8,13-16H2,1-3H3. The minimum Gasteiger partial charge on any atom is -0.341 e. The number of sulfonamides is 1. The normalized spacial score (nSPS) is 21.4. The summed E-state index contributed by atoms with van der Waals surface area (Å²) in [4.78, 5) is 17.3. The predicted octanol–water partition coefficient (Wildman–Crippen LogP) is 2.48. The van der Waals surface area contributed by atoms with Gasteiger partial charge in [0.25, 0.3) is 0 Å². The van der Waals surface area contributed by atoms with Gasteiger partial charge in [-0.3, -0.25) is 9.69 Å². The average molecular weight is 408 g/mol. The molecular weight excluding hydrogens is 374 g/mol. The zero-order valence-electron chi connectivity index (χ0n) is 17.3. The number of amides is 1. The second-order valence-electron chi connectivity index (χ2n) is 8.17. The maximum Gasteiger partial charge on any atom is 0.243 e. The van der Waals surface area contributed by atoms with Crippen LogP contribution in [0.25, 0.3) is 0 Å². The molecule has 7 heteroatoms. The number of nitrogens with zero attached hydrogens (tertiary/aromatic N) is 3. The van der Waals surface area contributed by atoms with Crippen molar-refractivity contribution in [1.82, 2.24) is 14.1 Å². The first-order valence-electron chi connectivity index (χ1n) is 10.4. The fourth-order valence-corrected chi connectivity index (χ4v) is 5.71. The molecule has 1 amide bonds. The first kappa shape index (κ1) is 21.3. The second-order valence-corrected chi connectivity index (χ2v) is 10.1. The summed E-state index contributed by atoms with van der Waals surface area (Å²) in [6.45, 7) is 5.89. The summed E-state index contributed by atoms with van der Waals surface area (Å²) in [7, 11) is -1.55. The molecule has 1 aliphatic carbocycles. The maximum absolute atomic E-state index is 12.9. The molecule has 2 aliphatic rings. The van der Waals surface area contributed by atoms with E-state index in [-0.39, 0.29) is 11.9 Å². The lowest BCUT2D eigenvalue weighted by atomic mass is 9.94. The Morgan fingerprint density at radius 3 is 2.18 bits per heavy atom. The number of rotatable bonds is 5. The molecule has 1 aromatic carbocycles. The highest BCUT2D eigenvalue weighted by Crippen LogP contribution is 2.23. The van der Waals surface area contributed by atoms with Gasteiger partial charge in [-0.2, -0.15) is 4.31 Å². The SMILES string of the molecule is Cc1ccc(S(=O)(=O)N2CCN(C(C)C(=O)N(C)C3CCCCC3)CC2)cc1. The van der Waals surface area contributed by atoms with Gasteiger partial charge in [0.05, 0.1) is 10.9 Å². The molecule has 2 fully saturated rings. The number of hydrogen-bond acceptors (Lipinski definition) is 4. The van der Waals surface area contributed by atoms with Crippen LogP contribution in [0.4, 0.5) is 0 Å². The predicted molar refractivity (Wildman–Crippen MR) is 111 cm³/mol. The molecule has 1 aromatic rings. The van der Waals surface area contributed by atoms with Gasteiger partial charge in [0.15, 0.2) is 0 Å². The molecule has 1 heterocycles. The van der Waals surface area contributed by atoms with Crippen LogP contribution < -0.4 is 0 Å². The Bertz CT molecular complexity index is 765. The van der Waals surface area contributed by atoms with Gasteiger partial charge in [0, 0.05) is 39.3 Å². The van der Waals surface area contributed by atoms with Crippen LogP contribution >= 0.6 is 0 Å². The molecule has 156 valence electrons. The summed E-state index contributed by atoms with van der Waals surface area (Å²) in [6.07, 6.45) is 5.86. The van der Waals surface area contributed by atoms with Gasteiger partial charge in [0.2, 0.25) is 15.9 Å². The van der Waals surface area contributed by atoms with Crippen molar-refractivity contribution in [2.75, 3.05) is 33.2 Å². The number of piperazine rings is 1. The Morgan fingerprint density at radius 1 is 1.04 bits per heavy atom. The molecule has 28 heavy (non-hydrogen) atoms. The number of likely N-dealkylation sites (N-methyl/N-ethyl adjacent to an activating group) is 1. The van der Waals surface area contributed by atoms with Gasteiger partial charge in [-0.1, -0.05) is 37.0 Å². The molecule has 0 radical (unpaired) electrons. The highest BCUT2D eigenvalue weighted by atomic mass is 32.2. The van der Waals surface area contributed by atoms with Crippen molar-refractivity contribution >= 4 is 15.9 Å². The molecular formula is C21H33N3O3S. The molecule has 1 saturated carbocycles. The van der Waals surface area contributed by atoms with Crippen LogP contribution in [0, 0.1) is 6.92 Å². The van der Waals surface area contributed by atoms with Crippen LogP contribution in [-0.2, 0) is 14.8 Å². The minimum atomic E-state index is -3.47. The summed E-state index contributed by atoms with van der Waals surface area (Å²) < 4.78 is 27.2. The van der Waals surface area contributed by atoms with Crippen LogP contribution in [-0.4, -0.2) is 73.7 Å². The van der Waals surface area contributed by atoms with Gasteiger partial charge in [-0.05, 0) is 38.8 Å². The largest absolute Gasteiger partial charge is 0.341 e. The van der Waals surface area contributed by atoms with Crippen molar-refractivity contribution in [2.24, 2.45) is 0 Å². The second kappa shape index (κ2) is 8.93. The summed E-state index contributed by atoms with van der Waals surface area (Å²) in [6, 6.07) is 7.13. The fourth-order valence-electron chi connectivity index (χ4n) is 4.29. The van der Waals surface area contributed by atoms with E-state index in [1.54, 1.807) is 12.1 Å². The molecule has 0 spiro atoms. The van der Waals surface area contributed by atoms with E-state index >= 15 is 0 Å². The number of benzene rings is 1. The van der Waals surface area contributed by atoms with Gasteiger partial charge in [0.1, 0.15) is 0 Å².